The monoisotopic (exact) mass is 228 g/mol. The van der Waals surface area contributed by atoms with Crippen molar-refractivity contribution < 1.29 is 13.2 Å². The van der Waals surface area contributed by atoms with Crippen LogP contribution in [0, 0.1) is 0 Å². The van der Waals surface area contributed by atoms with Crippen molar-refractivity contribution in [3.8, 4) is 0 Å². The SMILES string of the molecule is FC(F)(F)c1ccc(CCl)c(Cl)c1. The van der Waals surface area contributed by atoms with E-state index in [2.05, 4.69) is 0 Å². The number of hydrogen-bond donors (Lipinski definition) is 0. The zero-order valence-electron chi connectivity index (χ0n) is 6.33. The Kier molecular flexibility index (Phi) is 3.09. The first-order chi connectivity index (χ1) is 5.95. The summed E-state index contributed by atoms with van der Waals surface area (Å²) < 4.78 is 36.3. The molecule has 0 N–H and O–H groups in total. The van der Waals surface area contributed by atoms with E-state index in [0.717, 1.165) is 12.1 Å². The van der Waals surface area contributed by atoms with Crippen LogP contribution < -0.4 is 0 Å². The summed E-state index contributed by atoms with van der Waals surface area (Å²) in [4.78, 5) is 0. The maximum Gasteiger partial charge on any atom is 0.416 e. The highest BCUT2D eigenvalue weighted by Crippen LogP contribution is 2.32. The Bertz CT molecular complexity index is 307. The van der Waals surface area contributed by atoms with Gasteiger partial charge < -0.3 is 0 Å². The van der Waals surface area contributed by atoms with E-state index in [1.807, 2.05) is 0 Å². The van der Waals surface area contributed by atoms with Gasteiger partial charge in [0.25, 0.3) is 0 Å². The topological polar surface area (TPSA) is 0 Å². The molecule has 1 aromatic carbocycles. The normalized spacial score (nSPS) is 11.8. The third kappa shape index (κ3) is 2.51. The standard InChI is InChI=1S/C8H5Cl2F3/c9-4-5-1-2-6(3-7(5)10)8(11,12)13/h1-3H,4H2. The Labute approximate surface area is 83.3 Å². The van der Waals surface area contributed by atoms with Gasteiger partial charge >= 0.3 is 6.18 Å². The van der Waals surface area contributed by atoms with Gasteiger partial charge in [0.15, 0.2) is 0 Å². The van der Waals surface area contributed by atoms with Crippen molar-refractivity contribution >= 4 is 23.2 Å². The molecular weight excluding hydrogens is 224 g/mol. The molecule has 5 heteroatoms. The third-order valence-corrected chi connectivity index (χ3v) is 2.16. The second kappa shape index (κ2) is 3.76. The van der Waals surface area contributed by atoms with E-state index in [1.165, 1.54) is 6.07 Å². The van der Waals surface area contributed by atoms with Gasteiger partial charge in [0.05, 0.1) is 5.56 Å². The summed E-state index contributed by atoms with van der Waals surface area (Å²) in [7, 11) is 0. The maximum atomic E-state index is 12.1. The van der Waals surface area contributed by atoms with E-state index in [4.69, 9.17) is 23.2 Å². The average Bonchev–Trinajstić information content (AvgIpc) is 2.02. The van der Waals surface area contributed by atoms with E-state index in [9.17, 15) is 13.2 Å². The molecular formula is C8H5Cl2F3. The zero-order valence-corrected chi connectivity index (χ0v) is 7.84. The van der Waals surface area contributed by atoms with Crippen molar-refractivity contribution in [1.82, 2.24) is 0 Å². The molecule has 1 aromatic rings. The molecule has 0 bridgehead atoms. The van der Waals surface area contributed by atoms with E-state index in [-0.39, 0.29) is 10.9 Å². The third-order valence-electron chi connectivity index (χ3n) is 1.52. The first-order valence-electron chi connectivity index (χ1n) is 3.36. The lowest BCUT2D eigenvalue weighted by Crippen LogP contribution is -2.04. The van der Waals surface area contributed by atoms with Crippen LogP contribution in [0.15, 0.2) is 18.2 Å². The van der Waals surface area contributed by atoms with Crippen LogP contribution >= 0.6 is 23.2 Å². The van der Waals surface area contributed by atoms with E-state index in [0.29, 0.717) is 5.56 Å². The van der Waals surface area contributed by atoms with Gasteiger partial charge in [-0.3, -0.25) is 0 Å². The lowest BCUT2D eigenvalue weighted by atomic mass is 10.1. The van der Waals surface area contributed by atoms with Crippen LogP contribution in [0.1, 0.15) is 11.1 Å². The van der Waals surface area contributed by atoms with Gasteiger partial charge in [-0.05, 0) is 17.7 Å². The zero-order chi connectivity index (χ0) is 10.1. The van der Waals surface area contributed by atoms with Crippen molar-refractivity contribution in [1.29, 1.82) is 0 Å². The molecule has 0 aromatic heterocycles. The smallest absolute Gasteiger partial charge is 0.166 e. The predicted octanol–water partition coefficient (Wildman–Crippen LogP) is 4.10. The molecule has 0 heterocycles. The van der Waals surface area contributed by atoms with Crippen molar-refractivity contribution in [3.05, 3.63) is 34.3 Å². The summed E-state index contributed by atoms with van der Waals surface area (Å²) in [6.07, 6.45) is -4.35. The molecule has 72 valence electrons. The Hall–Kier alpha value is -0.410. The molecule has 0 fully saturated rings. The molecule has 0 aliphatic rings. The molecule has 0 aliphatic heterocycles. The number of hydrogen-bond acceptors (Lipinski definition) is 0. The molecule has 0 saturated carbocycles. The van der Waals surface area contributed by atoms with E-state index >= 15 is 0 Å². The van der Waals surface area contributed by atoms with Gasteiger partial charge in [0, 0.05) is 10.9 Å². The first kappa shape index (κ1) is 10.7. The second-order valence-electron chi connectivity index (χ2n) is 2.44. The van der Waals surface area contributed by atoms with Gasteiger partial charge in [-0.2, -0.15) is 13.2 Å². The number of benzene rings is 1. The highest BCUT2D eigenvalue weighted by atomic mass is 35.5. The molecule has 0 nitrogen and oxygen atoms in total. The number of rotatable bonds is 1. The van der Waals surface area contributed by atoms with Crippen LogP contribution in [0.5, 0.6) is 0 Å². The minimum atomic E-state index is -4.35. The molecule has 0 unspecified atom stereocenters. The largest absolute Gasteiger partial charge is 0.416 e. The fourth-order valence-corrected chi connectivity index (χ4v) is 1.38. The summed E-state index contributed by atoms with van der Waals surface area (Å²) in [6.45, 7) is 0. The van der Waals surface area contributed by atoms with Crippen molar-refractivity contribution in [3.63, 3.8) is 0 Å². The summed E-state index contributed by atoms with van der Waals surface area (Å²) in [5.74, 6) is 0.108. The Morgan fingerprint density at radius 1 is 1.23 bits per heavy atom. The van der Waals surface area contributed by atoms with Crippen molar-refractivity contribution in [2.75, 3.05) is 0 Å². The van der Waals surface area contributed by atoms with Crippen LogP contribution in [0.3, 0.4) is 0 Å². The van der Waals surface area contributed by atoms with E-state index < -0.39 is 11.7 Å². The van der Waals surface area contributed by atoms with Crippen LogP contribution in [0.4, 0.5) is 13.2 Å². The van der Waals surface area contributed by atoms with Crippen LogP contribution in [0.2, 0.25) is 5.02 Å². The van der Waals surface area contributed by atoms with Crippen molar-refractivity contribution in [2.45, 2.75) is 12.1 Å². The summed E-state index contributed by atoms with van der Waals surface area (Å²) in [5, 5.41) is 0.0461. The summed E-state index contributed by atoms with van der Waals surface area (Å²) in [6, 6.07) is 3.11. The van der Waals surface area contributed by atoms with Gasteiger partial charge in [0.1, 0.15) is 0 Å². The Balaban J connectivity index is 3.10. The lowest BCUT2D eigenvalue weighted by Gasteiger charge is -2.08. The average molecular weight is 229 g/mol. The first-order valence-corrected chi connectivity index (χ1v) is 4.28. The fourth-order valence-electron chi connectivity index (χ4n) is 0.832. The fraction of sp³-hybridized carbons (Fsp3) is 0.250. The van der Waals surface area contributed by atoms with E-state index in [1.54, 1.807) is 0 Å². The Morgan fingerprint density at radius 3 is 2.23 bits per heavy atom. The Morgan fingerprint density at radius 2 is 1.85 bits per heavy atom. The molecule has 13 heavy (non-hydrogen) atoms. The molecule has 0 amide bonds. The van der Waals surface area contributed by atoms with Crippen LogP contribution in [0.25, 0.3) is 0 Å². The van der Waals surface area contributed by atoms with Crippen LogP contribution in [-0.2, 0) is 12.1 Å². The minimum Gasteiger partial charge on any atom is -0.166 e. The summed E-state index contributed by atoms with van der Waals surface area (Å²) >= 11 is 11.0. The second-order valence-corrected chi connectivity index (χ2v) is 3.11. The maximum absolute atomic E-state index is 12.1. The molecule has 0 aliphatic carbocycles. The summed E-state index contributed by atoms with van der Waals surface area (Å²) in [5.41, 5.74) is -0.261. The quantitative estimate of drug-likeness (QED) is 0.636. The molecule has 0 radical (unpaired) electrons. The molecule has 1 rings (SSSR count). The highest BCUT2D eigenvalue weighted by Gasteiger charge is 2.30. The van der Waals surface area contributed by atoms with Gasteiger partial charge in [-0.1, -0.05) is 17.7 Å². The number of halogens is 5. The molecule has 0 saturated heterocycles. The number of alkyl halides is 4. The van der Waals surface area contributed by atoms with Crippen molar-refractivity contribution in [2.24, 2.45) is 0 Å². The highest BCUT2D eigenvalue weighted by molar-refractivity contribution is 6.32. The lowest BCUT2D eigenvalue weighted by molar-refractivity contribution is -0.137. The predicted molar refractivity (Wildman–Crippen MR) is 46.0 cm³/mol. The van der Waals surface area contributed by atoms with Gasteiger partial charge in [0.2, 0.25) is 0 Å². The van der Waals surface area contributed by atoms with Crippen LogP contribution in [-0.4, -0.2) is 0 Å². The molecule has 0 atom stereocenters. The molecule has 0 spiro atoms. The van der Waals surface area contributed by atoms with Gasteiger partial charge in [-0.15, -0.1) is 11.6 Å². The van der Waals surface area contributed by atoms with Gasteiger partial charge in [-0.25, -0.2) is 0 Å². The minimum absolute atomic E-state index is 0.0461.